The Labute approximate surface area is 191 Å². The van der Waals surface area contributed by atoms with Gasteiger partial charge in [-0.2, -0.15) is 0 Å². The molecule has 6 nitrogen and oxygen atoms in total. The van der Waals surface area contributed by atoms with Crippen molar-refractivity contribution in [3.8, 4) is 5.69 Å². The van der Waals surface area contributed by atoms with Crippen molar-refractivity contribution in [1.82, 2.24) is 14.9 Å². The van der Waals surface area contributed by atoms with E-state index in [9.17, 15) is 14.0 Å². The molecule has 0 aliphatic heterocycles. The van der Waals surface area contributed by atoms with Gasteiger partial charge in [0.1, 0.15) is 5.82 Å². The van der Waals surface area contributed by atoms with E-state index in [0.717, 1.165) is 25.7 Å². The van der Waals surface area contributed by atoms with Gasteiger partial charge in [-0.15, -0.1) is 0 Å². The first-order chi connectivity index (χ1) is 15.6. The first-order valence-electron chi connectivity index (χ1n) is 11.0. The number of rotatable bonds is 12. The number of fused-ring (bicyclic) bond motifs is 1. The summed E-state index contributed by atoms with van der Waals surface area (Å²) >= 11 is 1.42. The molecule has 2 aromatic carbocycles. The monoisotopic (exact) mass is 456 g/mol. The average Bonchev–Trinajstić information content (AvgIpc) is 2.80. The topological polar surface area (TPSA) is 90.0 Å². The van der Waals surface area contributed by atoms with Gasteiger partial charge in [-0.1, -0.05) is 36.7 Å². The molecule has 0 fully saturated rings. The summed E-state index contributed by atoms with van der Waals surface area (Å²) in [5.41, 5.74) is 6.45. The molecule has 1 amide bonds. The van der Waals surface area contributed by atoms with Crippen LogP contribution in [0.3, 0.4) is 0 Å². The van der Waals surface area contributed by atoms with Crippen LogP contribution in [0.5, 0.6) is 0 Å². The van der Waals surface area contributed by atoms with Crippen LogP contribution in [0.15, 0.2) is 58.5 Å². The highest BCUT2D eigenvalue weighted by Crippen LogP contribution is 2.22. The fourth-order valence-corrected chi connectivity index (χ4v) is 4.31. The highest BCUT2D eigenvalue weighted by atomic mass is 32.2. The second kappa shape index (κ2) is 12.4. The van der Waals surface area contributed by atoms with E-state index in [1.54, 1.807) is 30.3 Å². The number of carbonyl (C=O) groups excluding carboxylic acids is 1. The molecular weight excluding hydrogens is 427 g/mol. The molecule has 8 heteroatoms. The van der Waals surface area contributed by atoms with Crippen molar-refractivity contribution >= 4 is 28.6 Å². The second-order valence-electron chi connectivity index (χ2n) is 7.53. The minimum Gasteiger partial charge on any atom is -0.356 e. The van der Waals surface area contributed by atoms with Crippen LogP contribution in [0.2, 0.25) is 0 Å². The number of benzene rings is 2. The minimum absolute atomic E-state index is 0.0341. The van der Waals surface area contributed by atoms with Crippen molar-refractivity contribution in [2.45, 2.75) is 43.7 Å². The number of unbranched alkanes of at least 4 members (excludes halogenated alkanes) is 3. The van der Waals surface area contributed by atoms with Crippen LogP contribution < -0.4 is 16.6 Å². The van der Waals surface area contributed by atoms with Crippen molar-refractivity contribution in [3.63, 3.8) is 0 Å². The Bertz CT molecular complexity index is 1090. The molecule has 3 N–H and O–H groups in total. The van der Waals surface area contributed by atoms with Gasteiger partial charge in [0.2, 0.25) is 5.91 Å². The maximum absolute atomic E-state index is 13.4. The Morgan fingerprint density at radius 3 is 2.56 bits per heavy atom. The lowest BCUT2D eigenvalue weighted by Crippen LogP contribution is -2.24. The summed E-state index contributed by atoms with van der Waals surface area (Å²) in [6, 6.07) is 13.0. The second-order valence-corrected chi connectivity index (χ2v) is 8.60. The number of carbonyl (C=O) groups is 1. The molecule has 0 unspecified atom stereocenters. The number of amides is 1. The van der Waals surface area contributed by atoms with E-state index in [1.165, 1.54) is 28.5 Å². The van der Waals surface area contributed by atoms with Crippen molar-refractivity contribution in [2.24, 2.45) is 5.73 Å². The van der Waals surface area contributed by atoms with E-state index in [2.05, 4.69) is 10.3 Å². The van der Waals surface area contributed by atoms with E-state index in [0.29, 0.717) is 53.4 Å². The lowest BCUT2D eigenvalue weighted by Gasteiger charge is -2.13. The Balaban J connectivity index is 1.62. The Morgan fingerprint density at radius 1 is 1.03 bits per heavy atom. The van der Waals surface area contributed by atoms with Crippen molar-refractivity contribution < 1.29 is 9.18 Å². The van der Waals surface area contributed by atoms with Crippen LogP contribution in [0.25, 0.3) is 16.6 Å². The molecule has 0 saturated carbocycles. The standard InChI is InChI=1S/C24H29FN4O2S/c25-18-11-13-19(14-12-18)29-23(31)20-8-3-4-9-21(20)28-24(29)32-17-7-10-22(30)27-16-6-2-1-5-15-26/h3-4,8-9,11-14H,1-2,5-7,10,15-17,26H2,(H,27,30). The summed E-state index contributed by atoms with van der Waals surface area (Å²) in [6.45, 7) is 1.40. The van der Waals surface area contributed by atoms with Crippen LogP contribution in [-0.4, -0.2) is 34.3 Å². The SMILES string of the molecule is NCCCCCCNC(=O)CCCSc1nc2ccccc2c(=O)n1-c1ccc(F)cc1. The highest BCUT2D eigenvalue weighted by molar-refractivity contribution is 7.99. The lowest BCUT2D eigenvalue weighted by molar-refractivity contribution is -0.121. The normalized spacial score (nSPS) is 11.1. The zero-order chi connectivity index (χ0) is 22.8. The molecule has 1 aromatic heterocycles. The Morgan fingerprint density at radius 2 is 1.78 bits per heavy atom. The van der Waals surface area contributed by atoms with Crippen molar-refractivity contribution in [1.29, 1.82) is 0 Å². The summed E-state index contributed by atoms with van der Waals surface area (Å²) in [5.74, 6) is 0.303. The molecule has 0 atom stereocenters. The predicted molar refractivity (Wildman–Crippen MR) is 128 cm³/mol. The van der Waals surface area contributed by atoms with Crippen LogP contribution in [0.1, 0.15) is 38.5 Å². The molecule has 0 spiro atoms. The smallest absolute Gasteiger partial charge is 0.266 e. The number of nitrogens with two attached hydrogens (primary N) is 1. The number of thioether (sulfide) groups is 1. The van der Waals surface area contributed by atoms with Crippen LogP contribution in [0.4, 0.5) is 4.39 Å². The van der Waals surface area contributed by atoms with E-state index in [1.807, 2.05) is 6.07 Å². The Kier molecular flexibility index (Phi) is 9.25. The Hall–Kier alpha value is -2.71. The molecule has 0 radical (unpaired) electrons. The molecule has 32 heavy (non-hydrogen) atoms. The zero-order valence-corrected chi connectivity index (χ0v) is 18.9. The van der Waals surface area contributed by atoms with E-state index in [4.69, 9.17) is 5.73 Å². The third-order valence-electron chi connectivity index (χ3n) is 5.06. The van der Waals surface area contributed by atoms with Gasteiger partial charge in [-0.05, 0) is 62.2 Å². The van der Waals surface area contributed by atoms with E-state index < -0.39 is 0 Å². The molecule has 170 valence electrons. The van der Waals surface area contributed by atoms with Gasteiger partial charge in [0.25, 0.3) is 5.56 Å². The van der Waals surface area contributed by atoms with Gasteiger partial charge < -0.3 is 11.1 Å². The molecule has 0 bridgehead atoms. The van der Waals surface area contributed by atoms with E-state index in [-0.39, 0.29) is 17.3 Å². The van der Waals surface area contributed by atoms with Gasteiger partial charge >= 0.3 is 0 Å². The number of hydrogen-bond acceptors (Lipinski definition) is 5. The van der Waals surface area contributed by atoms with Crippen molar-refractivity contribution in [2.75, 3.05) is 18.8 Å². The summed E-state index contributed by atoms with van der Waals surface area (Å²) in [4.78, 5) is 29.8. The fraction of sp³-hybridized carbons (Fsp3) is 0.375. The third kappa shape index (κ3) is 6.64. The molecule has 0 aliphatic rings. The van der Waals surface area contributed by atoms with Gasteiger partial charge in [0.05, 0.1) is 16.6 Å². The first-order valence-corrected chi connectivity index (χ1v) is 12.0. The minimum atomic E-state index is -0.366. The van der Waals surface area contributed by atoms with Crippen LogP contribution in [0, 0.1) is 5.82 Å². The molecule has 3 aromatic rings. The predicted octanol–water partition coefficient (Wildman–Crippen LogP) is 4.03. The first kappa shape index (κ1) is 23.9. The number of nitrogens with zero attached hydrogens (tertiary/aromatic N) is 2. The number of hydrogen-bond donors (Lipinski definition) is 2. The van der Waals surface area contributed by atoms with Gasteiger partial charge in [0, 0.05) is 18.7 Å². The van der Waals surface area contributed by atoms with Crippen LogP contribution in [-0.2, 0) is 4.79 Å². The maximum Gasteiger partial charge on any atom is 0.266 e. The summed E-state index contributed by atoms with van der Waals surface area (Å²) in [5, 5.41) is 3.98. The molecular formula is C24H29FN4O2S. The molecule has 0 saturated heterocycles. The summed E-state index contributed by atoms with van der Waals surface area (Å²) in [6.07, 6.45) is 5.24. The van der Waals surface area contributed by atoms with Crippen molar-refractivity contribution in [3.05, 3.63) is 64.7 Å². The number of aromatic nitrogens is 2. The fourth-order valence-electron chi connectivity index (χ4n) is 3.36. The number of halogens is 1. The quantitative estimate of drug-likeness (QED) is 0.244. The largest absolute Gasteiger partial charge is 0.356 e. The number of para-hydroxylation sites is 1. The lowest BCUT2D eigenvalue weighted by atomic mass is 10.2. The highest BCUT2D eigenvalue weighted by Gasteiger charge is 2.13. The zero-order valence-electron chi connectivity index (χ0n) is 18.1. The third-order valence-corrected chi connectivity index (χ3v) is 6.09. The van der Waals surface area contributed by atoms with Gasteiger partial charge in [0.15, 0.2) is 5.16 Å². The molecule has 1 heterocycles. The average molecular weight is 457 g/mol. The molecule has 3 rings (SSSR count). The van der Waals surface area contributed by atoms with E-state index >= 15 is 0 Å². The summed E-state index contributed by atoms with van der Waals surface area (Å²) in [7, 11) is 0. The molecule has 0 aliphatic carbocycles. The van der Waals surface area contributed by atoms with Gasteiger partial charge in [-0.3, -0.25) is 14.2 Å². The number of nitrogens with one attached hydrogen (secondary N) is 1. The summed E-state index contributed by atoms with van der Waals surface area (Å²) < 4.78 is 14.9. The van der Waals surface area contributed by atoms with Crippen LogP contribution >= 0.6 is 11.8 Å². The maximum atomic E-state index is 13.4. The van der Waals surface area contributed by atoms with Gasteiger partial charge in [-0.25, -0.2) is 9.37 Å².